The highest BCUT2D eigenvalue weighted by molar-refractivity contribution is 8.02. The number of fused-ring (bicyclic) bond motifs is 1. The minimum atomic E-state index is -0.715. The van der Waals surface area contributed by atoms with E-state index in [1.54, 1.807) is 27.6 Å². The maximum atomic E-state index is 14.1. The molecule has 8 heteroatoms. The minimum Gasteiger partial charge on any atom is -0.461 e. The van der Waals surface area contributed by atoms with Gasteiger partial charge < -0.3 is 19.6 Å². The van der Waals surface area contributed by atoms with Gasteiger partial charge in [0, 0.05) is 17.8 Å². The van der Waals surface area contributed by atoms with E-state index >= 15 is 0 Å². The van der Waals surface area contributed by atoms with E-state index < -0.39 is 39.4 Å². The average molecular weight is 479 g/mol. The zero-order chi connectivity index (χ0) is 24.4. The molecule has 0 aromatic heterocycles. The van der Waals surface area contributed by atoms with Crippen molar-refractivity contribution >= 4 is 29.5 Å². The predicted molar refractivity (Wildman–Crippen MR) is 130 cm³/mol. The van der Waals surface area contributed by atoms with Crippen LogP contribution in [-0.2, 0) is 19.1 Å². The summed E-state index contributed by atoms with van der Waals surface area (Å²) in [5.74, 6) is -1.97. The first-order chi connectivity index (χ1) is 15.8. The third-order valence-corrected chi connectivity index (χ3v) is 9.55. The van der Waals surface area contributed by atoms with Crippen LogP contribution in [0.2, 0.25) is 0 Å². The smallest absolute Gasteiger partial charge is 0.311 e. The van der Waals surface area contributed by atoms with Gasteiger partial charge in [0.05, 0.1) is 29.2 Å². The Morgan fingerprint density at radius 1 is 1.33 bits per heavy atom. The Morgan fingerprint density at radius 2 is 2.06 bits per heavy atom. The molecule has 1 N–H and O–H groups in total. The van der Waals surface area contributed by atoms with Crippen LogP contribution in [0.3, 0.4) is 0 Å². The van der Waals surface area contributed by atoms with E-state index in [1.807, 2.05) is 13.8 Å². The molecule has 0 aromatic rings. The molecule has 0 aromatic carbocycles. The summed E-state index contributed by atoms with van der Waals surface area (Å²) in [6.07, 6.45) is 6.97. The summed E-state index contributed by atoms with van der Waals surface area (Å²) in [7, 11) is 0. The van der Waals surface area contributed by atoms with Crippen molar-refractivity contribution in [1.82, 2.24) is 9.80 Å². The summed E-state index contributed by atoms with van der Waals surface area (Å²) in [6, 6.07) is -1.19. The van der Waals surface area contributed by atoms with Crippen LogP contribution in [0.15, 0.2) is 25.3 Å². The van der Waals surface area contributed by atoms with Crippen LogP contribution in [0.4, 0.5) is 0 Å². The number of aliphatic hydroxyl groups excluding tert-OH is 1. The standard InChI is InChI=1S/C25H38N2O5S/c1-6-10-14-26(13-7-2)22(30)20-25-12-11-24(5,33-25)19(23(31)32-15-8-3)18(25)21(29)27(20)17(9-4)16-28/h7-8,17-20,28H,2-3,6,9-16H2,1,4-5H3/t17-,18-,19-,20?,24+,25?/m0/s1. The van der Waals surface area contributed by atoms with Crippen molar-refractivity contribution in [3.8, 4) is 0 Å². The summed E-state index contributed by atoms with van der Waals surface area (Å²) in [4.78, 5) is 44.6. The summed E-state index contributed by atoms with van der Waals surface area (Å²) >= 11 is 1.62. The number of carbonyl (C=O) groups excluding carboxylic acids is 3. The SMILES string of the molecule is C=CCOC(=O)[C@@H]1[C@H]2C(=O)N([C@@H](CC)CO)C(C(=O)N(CC=C)CCCC)C23CC[C@@]1(C)S3. The Labute approximate surface area is 201 Å². The number of hydrogen-bond donors (Lipinski definition) is 1. The summed E-state index contributed by atoms with van der Waals surface area (Å²) in [5.41, 5.74) is 0. The number of amides is 2. The van der Waals surface area contributed by atoms with Gasteiger partial charge in [-0.25, -0.2) is 0 Å². The molecule has 3 fully saturated rings. The van der Waals surface area contributed by atoms with Gasteiger partial charge in [0.25, 0.3) is 0 Å². The van der Waals surface area contributed by atoms with E-state index in [0.717, 1.165) is 19.3 Å². The second-order valence-corrected chi connectivity index (χ2v) is 11.5. The van der Waals surface area contributed by atoms with Crippen molar-refractivity contribution in [1.29, 1.82) is 0 Å². The topological polar surface area (TPSA) is 87.1 Å². The average Bonchev–Trinajstić information content (AvgIpc) is 3.37. The normalized spacial score (nSPS) is 33.0. The summed E-state index contributed by atoms with van der Waals surface area (Å²) < 4.78 is 4.27. The number of aliphatic hydroxyl groups is 1. The Balaban J connectivity index is 2.08. The number of likely N-dealkylation sites (tertiary alicyclic amines) is 1. The molecule has 2 unspecified atom stereocenters. The number of ether oxygens (including phenoxy) is 1. The maximum absolute atomic E-state index is 14.1. The van der Waals surface area contributed by atoms with Crippen LogP contribution in [0.1, 0.15) is 52.9 Å². The highest BCUT2D eigenvalue weighted by atomic mass is 32.2. The molecule has 0 radical (unpaired) electrons. The molecule has 0 aliphatic carbocycles. The Bertz CT molecular complexity index is 800. The molecule has 0 saturated carbocycles. The second kappa shape index (κ2) is 10.2. The highest BCUT2D eigenvalue weighted by Gasteiger charge is 2.78. The van der Waals surface area contributed by atoms with Crippen molar-refractivity contribution in [3.63, 3.8) is 0 Å². The molecular weight excluding hydrogens is 440 g/mol. The zero-order valence-corrected chi connectivity index (χ0v) is 20.9. The number of esters is 1. The Hall–Kier alpha value is -1.80. The number of rotatable bonds is 12. The molecule has 2 bridgehead atoms. The number of carbonyl (C=O) groups is 3. The molecule has 33 heavy (non-hydrogen) atoms. The number of nitrogens with zero attached hydrogens (tertiary/aromatic N) is 2. The summed E-state index contributed by atoms with van der Waals surface area (Å²) in [5, 5.41) is 10.1. The first-order valence-corrected chi connectivity index (χ1v) is 12.9. The van der Waals surface area contributed by atoms with Crippen LogP contribution in [-0.4, -0.2) is 80.6 Å². The number of unbranched alkanes of at least 4 members (excludes halogenated alkanes) is 1. The Morgan fingerprint density at radius 3 is 2.64 bits per heavy atom. The molecule has 2 amide bonds. The van der Waals surface area contributed by atoms with Gasteiger partial charge in [-0.05, 0) is 32.6 Å². The van der Waals surface area contributed by atoms with E-state index in [1.165, 1.54) is 6.08 Å². The highest BCUT2D eigenvalue weighted by Crippen LogP contribution is 2.71. The van der Waals surface area contributed by atoms with Crippen LogP contribution in [0, 0.1) is 11.8 Å². The second-order valence-electron chi connectivity index (χ2n) is 9.56. The molecular formula is C25H38N2O5S. The van der Waals surface area contributed by atoms with Gasteiger partial charge in [0.1, 0.15) is 12.6 Å². The van der Waals surface area contributed by atoms with Crippen molar-refractivity contribution < 1.29 is 24.2 Å². The molecule has 3 rings (SSSR count). The van der Waals surface area contributed by atoms with Crippen LogP contribution < -0.4 is 0 Å². The predicted octanol–water partition coefficient (Wildman–Crippen LogP) is 2.78. The summed E-state index contributed by atoms with van der Waals surface area (Å²) in [6.45, 7) is 14.3. The number of hydrogen-bond acceptors (Lipinski definition) is 6. The lowest BCUT2D eigenvalue weighted by atomic mass is 9.66. The van der Waals surface area contributed by atoms with Crippen LogP contribution in [0.25, 0.3) is 0 Å². The molecule has 3 aliphatic heterocycles. The first-order valence-electron chi connectivity index (χ1n) is 12.1. The maximum Gasteiger partial charge on any atom is 0.311 e. The van der Waals surface area contributed by atoms with Gasteiger partial charge in [-0.1, -0.05) is 39.0 Å². The largest absolute Gasteiger partial charge is 0.461 e. The molecule has 3 aliphatic rings. The van der Waals surface area contributed by atoms with Crippen molar-refractivity contribution in [3.05, 3.63) is 25.3 Å². The lowest BCUT2D eigenvalue weighted by molar-refractivity contribution is -0.155. The van der Waals surface area contributed by atoms with Crippen molar-refractivity contribution in [2.24, 2.45) is 11.8 Å². The zero-order valence-electron chi connectivity index (χ0n) is 20.1. The number of thioether (sulfide) groups is 1. The molecule has 7 nitrogen and oxygen atoms in total. The molecule has 1 spiro atoms. The lowest BCUT2D eigenvalue weighted by Gasteiger charge is -2.39. The van der Waals surface area contributed by atoms with Gasteiger partial charge in [-0.2, -0.15) is 0 Å². The van der Waals surface area contributed by atoms with Crippen molar-refractivity contribution in [2.45, 2.75) is 74.5 Å². The molecule has 3 saturated heterocycles. The molecule has 184 valence electrons. The monoisotopic (exact) mass is 478 g/mol. The van der Waals surface area contributed by atoms with Gasteiger partial charge in [-0.15, -0.1) is 18.3 Å². The fourth-order valence-corrected chi connectivity index (χ4v) is 8.33. The van der Waals surface area contributed by atoms with E-state index in [2.05, 4.69) is 20.1 Å². The molecule has 6 atom stereocenters. The minimum absolute atomic E-state index is 0.0917. The third-order valence-electron chi connectivity index (χ3n) is 7.56. The fourth-order valence-electron chi connectivity index (χ4n) is 6.01. The first kappa shape index (κ1) is 25.8. The van der Waals surface area contributed by atoms with E-state index in [9.17, 15) is 19.5 Å². The van der Waals surface area contributed by atoms with Gasteiger partial charge >= 0.3 is 5.97 Å². The van der Waals surface area contributed by atoms with E-state index in [0.29, 0.717) is 25.9 Å². The quantitative estimate of drug-likeness (QED) is 0.343. The lowest BCUT2D eigenvalue weighted by Crippen LogP contribution is -2.57. The Kier molecular flexibility index (Phi) is 7.99. The van der Waals surface area contributed by atoms with Crippen molar-refractivity contribution in [2.75, 3.05) is 26.3 Å². The van der Waals surface area contributed by atoms with Gasteiger partial charge in [-0.3, -0.25) is 14.4 Å². The van der Waals surface area contributed by atoms with E-state index in [-0.39, 0.29) is 25.0 Å². The molecule has 3 heterocycles. The van der Waals surface area contributed by atoms with Gasteiger partial charge in [0.2, 0.25) is 11.8 Å². The van der Waals surface area contributed by atoms with Crippen LogP contribution >= 0.6 is 11.8 Å². The van der Waals surface area contributed by atoms with Crippen LogP contribution in [0.5, 0.6) is 0 Å². The van der Waals surface area contributed by atoms with Gasteiger partial charge in [0.15, 0.2) is 0 Å². The fraction of sp³-hybridized carbons (Fsp3) is 0.720. The third kappa shape index (κ3) is 4.14. The van der Waals surface area contributed by atoms with E-state index in [4.69, 9.17) is 4.74 Å².